The zero-order chi connectivity index (χ0) is 17.1. The first-order chi connectivity index (χ1) is 11.5. The molecule has 0 aliphatic heterocycles. The molecule has 0 spiro atoms. The molecule has 0 aromatic rings. The van der Waals surface area contributed by atoms with Crippen LogP contribution in [0.15, 0.2) is 23.0 Å². The highest BCUT2D eigenvalue weighted by Crippen LogP contribution is 2.61. The second-order valence-corrected chi connectivity index (χ2v) is 8.63. The number of ketones is 1. The third kappa shape index (κ3) is 2.23. The Bertz CT molecular complexity index is 617. The average molecular weight is 330 g/mol. The van der Waals surface area contributed by atoms with Crippen LogP contribution in [0.4, 0.5) is 0 Å². The molecule has 0 heterocycles. The molecule has 0 saturated heterocycles. The van der Waals surface area contributed by atoms with Crippen molar-refractivity contribution in [1.29, 1.82) is 0 Å². The van der Waals surface area contributed by atoms with E-state index in [-0.39, 0.29) is 17.4 Å². The fraction of sp³-hybridized carbons (Fsp3) is 0.762. The van der Waals surface area contributed by atoms with Crippen LogP contribution in [0, 0.1) is 29.1 Å². The van der Waals surface area contributed by atoms with Crippen LogP contribution >= 0.6 is 0 Å². The topological polar surface area (TPSA) is 46.5 Å². The van der Waals surface area contributed by atoms with Gasteiger partial charge in [-0.3, -0.25) is 4.79 Å². The molecule has 0 unspecified atom stereocenters. The average Bonchev–Trinajstić information content (AvgIpc) is 2.90. The smallest absolute Gasteiger partial charge is 0.136 e. The number of hydrogen-bond donors (Lipinski definition) is 1. The first-order valence-corrected chi connectivity index (χ1v) is 9.70. The van der Waals surface area contributed by atoms with Crippen LogP contribution in [-0.4, -0.2) is 23.6 Å². The Kier molecular flexibility index (Phi) is 3.91. The van der Waals surface area contributed by atoms with Gasteiger partial charge in [0.1, 0.15) is 5.78 Å². The lowest BCUT2D eigenvalue weighted by Crippen LogP contribution is -2.53. The Labute approximate surface area is 145 Å². The van der Waals surface area contributed by atoms with E-state index in [1.165, 1.54) is 11.1 Å². The molecule has 0 bridgehead atoms. The Morgan fingerprint density at radius 3 is 2.88 bits per heavy atom. The van der Waals surface area contributed by atoms with E-state index in [0.717, 1.165) is 44.5 Å². The molecule has 1 N–H and O–H groups in total. The molecule has 132 valence electrons. The highest BCUT2D eigenvalue weighted by atomic mass is 16.5. The molecule has 0 radical (unpaired) electrons. The van der Waals surface area contributed by atoms with Gasteiger partial charge in [0.25, 0.3) is 0 Å². The Balaban J connectivity index is 1.74. The molecule has 2 saturated carbocycles. The molecule has 4 aliphatic carbocycles. The SMILES string of the molecule is CCOC1=CC2=C(C)C[C@H]3[C@@H]4CCC(=O)[C@H]4C[C@H](O)[C@@H]3[C@@]2(C)CC1. The summed E-state index contributed by atoms with van der Waals surface area (Å²) in [6, 6.07) is 0. The Hall–Kier alpha value is -1.09. The van der Waals surface area contributed by atoms with Crippen molar-refractivity contribution in [3.05, 3.63) is 23.0 Å². The number of ether oxygens (including phenoxy) is 1. The summed E-state index contributed by atoms with van der Waals surface area (Å²) in [5.74, 6) is 2.89. The van der Waals surface area contributed by atoms with E-state index < -0.39 is 0 Å². The summed E-state index contributed by atoms with van der Waals surface area (Å²) in [5, 5.41) is 11.0. The summed E-state index contributed by atoms with van der Waals surface area (Å²) in [4.78, 5) is 12.2. The highest BCUT2D eigenvalue weighted by molar-refractivity contribution is 5.83. The number of allylic oxidation sites excluding steroid dienone is 4. The molecule has 4 rings (SSSR count). The lowest BCUT2D eigenvalue weighted by molar-refractivity contribution is -0.129. The second kappa shape index (κ2) is 5.72. The number of Topliss-reactive ketones (excluding diaryl/α,β-unsaturated/α-hetero) is 1. The van der Waals surface area contributed by atoms with Crippen LogP contribution in [0.3, 0.4) is 0 Å². The standard InChI is InChI=1S/C21H30O3/c1-4-24-13-7-8-21(3)17(10-13)12(2)9-16-14-5-6-18(22)15(14)11-19(23)20(16)21/h10,14-16,19-20,23H,4-9,11H2,1-3H3/t14-,15+,16+,19+,20-,21+/m1/s1. The van der Waals surface area contributed by atoms with Crippen molar-refractivity contribution in [3.8, 4) is 0 Å². The van der Waals surface area contributed by atoms with Crippen molar-refractivity contribution in [2.24, 2.45) is 29.1 Å². The summed E-state index contributed by atoms with van der Waals surface area (Å²) in [6.45, 7) is 7.36. The van der Waals surface area contributed by atoms with Gasteiger partial charge < -0.3 is 9.84 Å². The third-order valence-corrected chi connectivity index (χ3v) is 7.45. The second-order valence-electron chi connectivity index (χ2n) is 8.63. The van der Waals surface area contributed by atoms with Gasteiger partial charge in [0.15, 0.2) is 0 Å². The van der Waals surface area contributed by atoms with Gasteiger partial charge in [0.05, 0.1) is 18.5 Å². The lowest BCUT2D eigenvalue weighted by atomic mass is 9.49. The maximum Gasteiger partial charge on any atom is 0.136 e. The van der Waals surface area contributed by atoms with Gasteiger partial charge >= 0.3 is 0 Å². The van der Waals surface area contributed by atoms with Crippen LogP contribution in [0.5, 0.6) is 0 Å². The number of carbonyl (C=O) groups is 1. The number of aliphatic hydroxyl groups is 1. The van der Waals surface area contributed by atoms with Crippen molar-refractivity contribution in [3.63, 3.8) is 0 Å². The van der Waals surface area contributed by atoms with E-state index in [1.54, 1.807) is 0 Å². The molecular formula is C21H30O3. The number of aliphatic hydroxyl groups excluding tert-OH is 1. The van der Waals surface area contributed by atoms with Crippen LogP contribution in [-0.2, 0) is 9.53 Å². The van der Waals surface area contributed by atoms with E-state index in [9.17, 15) is 9.90 Å². The molecule has 2 fully saturated rings. The minimum Gasteiger partial charge on any atom is -0.498 e. The Morgan fingerprint density at radius 2 is 2.12 bits per heavy atom. The van der Waals surface area contributed by atoms with Gasteiger partial charge in [-0.15, -0.1) is 0 Å². The largest absolute Gasteiger partial charge is 0.498 e. The minimum absolute atomic E-state index is 0.0314. The van der Waals surface area contributed by atoms with E-state index >= 15 is 0 Å². The molecule has 0 aromatic carbocycles. The summed E-state index contributed by atoms with van der Waals surface area (Å²) in [7, 11) is 0. The van der Waals surface area contributed by atoms with Crippen LogP contribution < -0.4 is 0 Å². The van der Waals surface area contributed by atoms with Crippen molar-refractivity contribution >= 4 is 5.78 Å². The first kappa shape index (κ1) is 16.4. The Morgan fingerprint density at radius 1 is 1.33 bits per heavy atom. The van der Waals surface area contributed by atoms with Gasteiger partial charge in [-0.1, -0.05) is 12.5 Å². The van der Waals surface area contributed by atoms with Gasteiger partial charge in [-0.05, 0) is 74.3 Å². The summed E-state index contributed by atoms with van der Waals surface area (Å²) >= 11 is 0. The third-order valence-electron chi connectivity index (χ3n) is 7.45. The first-order valence-electron chi connectivity index (χ1n) is 9.70. The van der Waals surface area contributed by atoms with Gasteiger partial charge in [0.2, 0.25) is 0 Å². The zero-order valence-electron chi connectivity index (χ0n) is 15.2. The molecule has 3 heteroatoms. The quantitative estimate of drug-likeness (QED) is 0.832. The van der Waals surface area contributed by atoms with Gasteiger partial charge in [-0.2, -0.15) is 0 Å². The molecule has 24 heavy (non-hydrogen) atoms. The van der Waals surface area contributed by atoms with E-state index in [2.05, 4.69) is 19.9 Å². The normalized spacial score (nSPS) is 44.6. The van der Waals surface area contributed by atoms with Crippen molar-refractivity contribution in [2.45, 2.75) is 65.4 Å². The van der Waals surface area contributed by atoms with Gasteiger partial charge in [-0.25, -0.2) is 0 Å². The zero-order valence-corrected chi connectivity index (χ0v) is 15.2. The minimum atomic E-state index is -0.339. The predicted molar refractivity (Wildman–Crippen MR) is 93.2 cm³/mol. The summed E-state index contributed by atoms with van der Waals surface area (Å²) in [5.41, 5.74) is 2.88. The van der Waals surface area contributed by atoms with Crippen molar-refractivity contribution < 1.29 is 14.6 Å². The van der Waals surface area contributed by atoms with Crippen molar-refractivity contribution in [1.82, 2.24) is 0 Å². The van der Waals surface area contributed by atoms with Gasteiger partial charge in [0, 0.05) is 18.8 Å². The fourth-order valence-corrected chi connectivity index (χ4v) is 6.52. The molecular weight excluding hydrogens is 300 g/mol. The maximum absolute atomic E-state index is 12.2. The number of fused-ring (bicyclic) bond motifs is 5. The molecule has 4 aliphatic rings. The van der Waals surface area contributed by atoms with E-state index in [1.807, 2.05) is 6.92 Å². The monoisotopic (exact) mass is 330 g/mol. The highest BCUT2D eigenvalue weighted by Gasteiger charge is 2.57. The number of hydrogen-bond acceptors (Lipinski definition) is 3. The maximum atomic E-state index is 12.2. The summed E-state index contributed by atoms with van der Waals surface area (Å²) < 4.78 is 5.79. The van der Waals surface area contributed by atoms with Crippen LogP contribution in [0.2, 0.25) is 0 Å². The summed E-state index contributed by atoms with van der Waals surface area (Å²) in [6.07, 6.45) is 7.43. The van der Waals surface area contributed by atoms with E-state index in [0.29, 0.717) is 30.0 Å². The number of carbonyl (C=O) groups excluding carboxylic acids is 1. The van der Waals surface area contributed by atoms with Crippen LogP contribution in [0.1, 0.15) is 59.3 Å². The van der Waals surface area contributed by atoms with E-state index in [4.69, 9.17) is 4.74 Å². The predicted octanol–water partition coefficient (Wildman–Crippen LogP) is 4.02. The number of rotatable bonds is 2. The fourth-order valence-electron chi connectivity index (χ4n) is 6.52. The lowest BCUT2D eigenvalue weighted by Gasteiger charge is -2.56. The molecule has 6 atom stereocenters. The van der Waals surface area contributed by atoms with Crippen molar-refractivity contribution in [2.75, 3.05) is 6.61 Å². The van der Waals surface area contributed by atoms with Crippen LogP contribution in [0.25, 0.3) is 0 Å². The molecule has 0 amide bonds. The molecule has 3 nitrogen and oxygen atoms in total. The molecule has 0 aromatic heterocycles.